The van der Waals surface area contributed by atoms with E-state index in [-0.39, 0.29) is 5.75 Å². The van der Waals surface area contributed by atoms with Gasteiger partial charge >= 0.3 is 9.05 Å². The van der Waals surface area contributed by atoms with Crippen molar-refractivity contribution in [3.63, 3.8) is 0 Å². The molecule has 0 saturated heterocycles. The molecule has 5 heteroatoms. The summed E-state index contributed by atoms with van der Waals surface area (Å²) in [6, 6.07) is 25.3. The molecule has 0 spiro atoms. The van der Waals surface area contributed by atoms with Gasteiger partial charge in [-0.15, -0.1) is 0 Å². The Kier molecular flexibility index (Phi) is 3.78. The van der Waals surface area contributed by atoms with E-state index in [1.54, 1.807) is 12.1 Å². The average Bonchev–Trinajstić information content (AvgIpc) is 2.60. The van der Waals surface area contributed by atoms with E-state index in [0.29, 0.717) is 5.56 Å². The zero-order valence-corrected chi connectivity index (χ0v) is 14.3. The first-order valence-electron chi connectivity index (χ1n) is 7.89. The third-order valence-corrected chi connectivity index (χ3v) is 4.70. The number of hydrogen-bond donors (Lipinski definition) is 3. The Morgan fingerprint density at radius 2 is 1.24 bits per heavy atom. The molecule has 0 aliphatic heterocycles. The van der Waals surface area contributed by atoms with Gasteiger partial charge in [0.25, 0.3) is 0 Å². The van der Waals surface area contributed by atoms with Crippen LogP contribution < -0.4 is 4.43 Å². The molecule has 4 rings (SSSR count). The Bertz CT molecular complexity index is 1070. The van der Waals surface area contributed by atoms with Crippen molar-refractivity contribution >= 4 is 30.6 Å². The minimum atomic E-state index is -4.67. The van der Waals surface area contributed by atoms with Gasteiger partial charge in [-0.05, 0) is 33.2 Å². The highest BCUT2D eigenvalue weighted by Gasteiger charge is 2.34. The van der Waals surface area contributed by atoms with Crippen LogP contribution in [0.3, 0.4) is 0 Å². The monoisotopic (exact) mass is 348 g/mol. The van der Waals surface area contributed by atoms with Gasteiger partial charge in [0.05, 0.1) is 0 Å². The molecule has 0 unspecified atom stereocenters. The van der Waals surface area contributed by atoms with Crippen LogP contribution in [-0.4, -0.2) is 23.4 Å². The van der Waals surface area contributed by atoms with Crippen LogP contribution in [0, 0.1) is 0 Å². The molecule has 0 atom stereocenters. The minimum Gasteiger partial charge on any atom is -0.480 e. The summed E-state index contributed by atoms with van der Waals surface area (Å²) in [7, 11) is -4.67. The number of fused-ring (bicyclic) bond motifs is 3. The molecule has 0 aliphatic carbocycles. The molecule has 0 amide bonds. The third-order valence-electron chi connectivity index (χ3n) is 4.21. The highest BCUT2D eigenvalue weighted by Crippen LogP contribution is 2.37. The van der Waals surface area contributed by atoms with Gasteiger partial charge in [-0.3, -0.25) is 0 Å². The van der Waals surface area contributed by atoms with Crippen LogP contribution in [0.2, 0.25) is 0 Å². The Morgan fingerprint density at radius 3 is 2.08 bits per heavy atom. The van der Waals surface area contributed by atoms with Crippen LogP contribution in [-0.2, 0) is 0 Å². The number of para-hydroxylation sites is 1. The summed E-state index contributed by atoms with van der Waals surface area (Å²) in [6.45, 7) is 0. The zero-order chi connectivity index (χ0) is 17.4. The molecule has 0 heterocycles. The maximum absolute atomic E-state index is 9.32. The Morgan fingerprint density at radius 1 is 0.560 bits per heavy atom. The van der Waals surface area contributed by atoms with Gasteiger partial charge in [0, 0.05) is 5.56 Å². The molecule has 0 fully saturated rings. The third kappa shape index (κ3) is 3.01. The van der Waals surface area contributed by atoms with Crippen molar-refractivity contribution in [2.45, 2.75) is 0 Å². The van der Waals surface area contributed by atoms with E-state index in [0.717, 1.165) is 27.1 Å². The first kappa shape index (κ1) is 15.8. The van der Waals surface area contributed by atoms with Crippen molar-refractivity contribution in [2.75, 3.05) is 0 Å². The fourth-order valence-corrected chi connectivity index (χ4v) is 3.67. The molecule has 0 radical (unpaired) electrons. The maximum atomic E-state index is 9.32. The SMILES string of the molecule is O[Si](O)(O)Oc1ccccc1-c1cccc2c1ccc1ccccc12. The van der Waals surface area contributed by atoms with Gasteiger partial charge in [-0.2, -0.15) is 0 Å². The molecule has 4 nitrogen and oxygen atoms in total. The quantitative estimate of drug-likeness (QED) is 0.392. The lowest BCUT2D eigenvalue weighted by atomic mass is 9.94. The smallest absolute Gasteiger partial charge is 0.480 e. The van der Waals surface area contributed by atoms with Crippen molar-refractivity contribution in [1.82, 2.24) is 0 Å². The lowest BCUT2D eigenvalue weighted by Crippen LogP contribution is -2.42. The second-order valence-corrected chi connectivity index (χ2v) is 7.21. The van der Waals surface area contributed by atoms with Crippen molar-refractivity contribution in [2.24, 2.45) is 0 Å². The first-order chi connectivity index (χ1) is 12.0. The molecular weight excluding hydrogens is 332 g/mol. The van der Waals surface area contributed by atoms with Gasteiger partial charge in [-0.25, -0.2) is 0 Å². The van der Waals surface area contributed by atoms with Crippen LogP contribution in [0.15, 0.2) is 78.9 Å². The second-order valence-electron chi connectivity index (χ2n) is 5.86. The topological polar surface area (TPSA) is 69.9 Å². The first-order valence-corrected chi connectivity index (χ1v) is 9.64. The summed E-state index contributed by atoms with van der Waals surface area (Å²) in [5.41, 5.74) is 1.59. The standard InChI is InChI=1S/C20H16O4Si/c21-25(22,23)24-20-11-4-3-8-19(20)17-10-5-9-16-15-7-2-1-6-14(15)12-13-18(16)17/h1-13,21-23H. The molecule has 4 aromatic carbocycles. The minimum absolute atomic E-state index is 0.238. The van der Waals surface area contributed by atoms with Gasteiger partial charge in [0.2, 0.25) is 0 Å². The van der Waals surface area contributed by atoms with Crippen LogP contribution in [0.1, 0.15) is 0 Å². The maximum Gasteiger partial charge on any atom is 0.741 e. The van der Waals surface area contributed by atoms with E-state index in [1.165, 1.54) is 0 Å². The molecule has 0 saturated carbocycles. The highest BCUT2D eigenvalue weighted by molar-refractivity contribution is 6.49. The zero-order valence-electron chi connectivity index (χ0n) is 13.3. The predicted octanol–water partition coefficient (Wildman–Crippen LogP) is 3.45. The van der Waals surface area contributed by atoms with Crippen LogP contribution in [0.4, 0.5) is 0 Å². The highest BCUT2D eigenvalue weighted by atomic mass is 28.4. The van der Waals surface area contributed by atoms with Gasteiger partial charge < -0.3 is 18.8 Å². The Balaban J connectivity index is 1.98. The van der Waals surface area contributed by atoms with E-state index in [1.807, 2.05) is 42.5 Å². The van der Waals surface area contributed by atoms with Gasteiger partial charge in [-0.1, -0.05) is 72.8 Å². The normalized spacial score (nSPS) is 11.8. The van der Waals surface area contributed by atoms with Gasteiger partial charge in [0.1, 0.15) is 5.75 Å². The molecule has 3 N–H and O–H groups in total. The molecule has 124 valence electrons. The molecular formula is C20H16O4Si. The summed E-state index contributed by atoms with van der Waals surface area (Å²) >= 11 is 0. The van der Waals surface area contributed by atoms with E-state index >= 15 is 0 Å². The van der Waals surface area contributed by atoms with Crippen molar-refractivity contribution in [1.29, 1.82) is 0 Å². The summed E-state index contributed by atoms with van der Waals surface area (Å²) < 4.78 is 5.03. The second kappa shape index (κ2) is 5.98. The number of benzene rings is 4. The van der Waals surface area contributed by atoms with Gasteiger partial charge in [0.15, 0.2) is 0 Å². The summed E-state index contributed by atoms with van der Waals surface area (Å²) in [5.74, 6) is 0.238. The Labute approximate surface area is 145 Å². The molecule has 0 aromatic heterocycles. The predicted molar refractivity (Wildman–Crippen MR) is 99.9 cm³/mol. The van der Waals surface area contributed by atoms with E-state index < -0.39 is 9.05 Å². The molecule has 0 bridgehead atoms. The van der Waals surface area contributed by atoms with E-state index in [9.17, 15) is 14.4 Å². The van der Waals surface area contributed by atoms with Crippen molar-refractivity contribution in [3.8, 4) is 16.9 Å². The lowest BCUT2D eigenvalue weighted by molar-refractivity contribution is 0.129. The largest absolute Gasteiger partial charge is 0.741 e. The summed E-state index contributed by atoms with van der Waals surface area (Å²) in [6.07, 6.45) is 0. The number of rotatable bonds is 3. The van der Waals surface area contributed by atoms with Crippen LogP contribution in [0.25, 0.3) is 32.7 Å². The Hall–Kier alpha value is -2.70. The lowest BCUT2D eigenvalue weighted by Gasteiger charge is -2.17. The average molecular weight is 348 g/mol. The van der Waals surface area contributed by atoms with Crippen molar-refractivity contribution in [3.05, 3.63) is 78.9 Å². The fraction of sp³-hybridized carbons (Fsp3) is 0. The van der Waals surface area contributed by atoms with E-state index in [2.05, 4.69) is 24.3 Å². The molecule has 25 heavy (non-hydrogen) atoms. The fourth-order valence-electron chi connectivity index (χ4n) is 3.20. The van der Waals surface area contributed by atoms with E-state index in [4.69, 9.17) is 4.43 Å². The molecule has 0 aliphatic rings. The summed E-state index contributed by atoms with van der Waals surface area (Å²) in [5, 5.41) is 4.43. The van der Waals surface area contributed by atoms with Crippen LogP contribution >= 0.6 is 0 Å². The number of hydrogen-bond acceptors (Lipinski definition) is 4. The van der Waals surface area contributed by atoms with Crippen LogP contribution in [0.5, 0.6) is 5.75 Å². The molecule has 4 aromatic rings. The summed E-state index contributed by atoms with van der Waals surface area (Å²) in [4.78, 5) is 28.0. The van der Waals surface area contributed by atoms with Crippen molar-refractivity contribution < 1.29 is 18.8 Å².